The maximum Gasteiger partial charge on any atom is 0.256 e. The van der Waals surface area contributed by atoms with E-state index in [4.69, 9.17) is 10.5 Å². The number of ether oxygens (including phenoxy) is 1. The van der Waals surface area contributed by atoms with E-state index < -0.39 is 12.0 Å². The third-order valence-corrected chi connectivity index (χ3v) is 2.76. The zero-order chi connectivity index (χ0) is 12.2. The van der Waals surface area contributed by atoms with Crippen LogP contribution in [0.1, 0.15) is 19.8 Å². The largest absolute Gasteiger partial charge is 0.381 e. The van der Waals surface area contributed by atoms with Crippen molar-refractivity contribution in [2.75, 3.05) is 19.8 Å². The quantitative estimate of drug-likeness (QED) is 0.731. The second-order valence-corrected chi connectivity index (χ2v) is 4.41. The van der Waals surface area contributed by atoms with E-state index in [1.807, 2.05) is 0 Å². The van der Waals surface area contributed by atoms with Crippen LogP contribution in [0.4, 0.5) is 8.78 Å². The summed E-state index contributed by atoms with van der Waals surface area (Å²) in [5.74, 6) is -0.279. The van der Waals surface area contributed by atoms with Crippen LogP contribution in [0.25, 0.3) is 0 Å². The number of halogens is 2. The van der Waals surface area contributed by atoms with Gasteiger partial charge in [0.1, 0.15) is 0 Å². The van der Waals surface area contributed by atoms with Crippen molar-refractivity contribution in [1.82, 2.24) is 5.32 Å². The lowest BCUT2D eigenvalue weighted by Crippen LogP contribution is -2.47. The van der Waals surface area contributed by atoms with E-state index in [0.29, 0.717) is 19.6 Å². The van der Waals surface area contributed by atoms with Gasteiger partial charge in [-0.3, -0.25) is 4.79 Å². The Morgan fingerprint density at radius 2 is 2.38 bits per heavy atom. The van der Waals surface area contributed by atoms with Gasteiger partial charge in [0.05, 0.1) is 18.1 Å². The molecule has 1 heterocycles. The lowest BCUT2D eigenvalue weighted by atomic mass is 10.00. The molecule has 1 aliphatic rings. The van der Waals surface area contributed by atoms with Gasteiger partial charge in [0.15, 0.2) is 0 Å². The fourth-order valence-corrected chi connectivity index (χ4v) is 1.45. The van der Waals surface area contributed by atoms with Gasteiger partial charge in [0.2, 0.25) is 5.91 Å². The molecule has 0 aromatic rings. The van der Waals surface area contributed by atoms with Crippen LogP contribution in [0.2, 0.25) is 0 Å². The Morgan fingerprint density at radius 1 is 1.69 bits per heavy atom. The summed E-state index contributed by atoms with van der Waals surface area (Å²) in [6, 6.07) is 0. The highest BCUT2D eigenvalue weighted by atomic mass is 19.3. The van der Waals surface area contributed by atoms with Crippen molar-refractivity contribution in [1.29, 1.82) is 0 Å². The van der Waals surface area contributed by atoms with E-state index in [2.05, 4.69) is 5.32 Å². The Balaban J connectivity index is 2.22. The summed E-state index contributed by atoms with van der Waals surface area (Å²) in [5.41, 5.74) is 3.83. The van der Waals surface area contributed by atoms with Crippen LogP contribution in [0.5, 0.6) is 0 Å². The summed E-state index contributed by atoms with van der Waals surface area (Å²) >= 11 is 0. The molecule has 6 heteroatoms. The van der Waals surface area contributed by atoms with Gasteiger partial charge in [-0.1, -0.05) is 0 Å². The zero-order valence-corrected chi connectivity index (χ0v) is 9.34. The van der Waals surface area contributed by atoms with Crippen molar-refractivity contribution in [3.63, 3.8) is 0 Å². The number of rotatable bonds is 5. The second kappa shape index (κ2) is 5.54. The minimum atomic E-state index is -2.58. The smallest absolute Gasteiger partial charge is 0.256 e. The predicted octanol–water partition coefficient (Wildman–Crippen LogP) is 0.512. The first kappa shape index (κ1) is 13.3. The monoisotopic (exact) mass is 236 g/mol. The molecule has 0 spiro atoms. The Kier molecular flexibility index (Phi) is 4.61. The number of hydrogen-bond acceptors (Lipinski definition) is 3. The van der Waals surface area contributed by atoms with Crippen LogP contribution in [0.15, 0.2) is 0 Å². The van der Waals surface area contributed by atoms with Gasteiger partial charge >= 0.3 is 0 Å². The molecule has 4 nitrogen and oxygen atoms in total. The van der Waals surface area contributed by atoms with Crippen molar-refractivity contribution in [2.45, 2.75) is 31.7 Å². The number of alkyl halides is 2. The van der Waals surface area contributed by atoms with Crippen LogP contribution in [-0.4, -0.2) is 37.6 Å². The number of amides is 1. The highest BCUT2D eigenvalue weighted by molar-refractivity contribution is 5.78. The molecule has 3 N–H and O–H groups in total. The van der Waals surface area contributed by atoms with E-state index in [-0.39, 0.29) is 24.8 Å². The molecule has 1 rings (SSSR count). The van der Waals surface area contributed by atoms with E-state index in [1.165, 1.54) is 6.92 Å². The maximum absolute atomic E-state index is 12.4. The van der Waals surface area contributed by atoms with Crippen molar-refractivity contribution in [3.8, 4) is 0 Å². The van der Waals surface area contributed by atoms with Crippen LogP contribution in [-0.2, 0) is 9.53 Å². The van der Waals surface area contributed by atoms with E-state index in [1.54, 1.807) is 0 Å². The third kappa shape index (κ3) is 3.68. The summed E-state index contributed by atoms with van der Waals surface area (Å²) in [7, 11) is 0. The normalized spacial score (nSPS) is 24.4. The summed E-state index contributed by atoms with van der Waals surface area (Å²) in [6.07, 6.45) is -1.83. The van der Waals surface area contributed by atoms with E-state index >= 15 is 0 Å². The highest BCUT2D eigenvalue weighted by Crippen LogP contribution is 2.16. The molecule has 0 aromatic heterocycles. The van der Waals surface area contributed by atoms with Gasteiger partial charge in [0, 0.05) is 13.2 Å². The number of carbonyl (C=O) groups is 1. The van der Waals surface area contributed by atoms with Gasteiger partial charge in [-0.05, 0) is 19.8 Å². The van der Waals surface area contributed by atoms with Crippen LogP contribution >= 0.6 is 0 Å². The number of nitrogens with two attached hydrogens (primary N) is 1. The minimum Gasteiger partial charge on any atom is -0.381 e. The van der Waals surface area contributed by atoms with E-state index in [9.17, 15) is 13.6 Å². The van der Waals surface area contributed by atoms with Crippen molar-refractivity contribution < 1.29 is 18.3 Å². The molecule has 2 atom stereocenters. The molecule has 1 saturated heterocycles. The number of hydrogen-bond donors (Lipinski definition) is 2. The molecule has 1 aliphatic heterocycles. The topological polar surface area (TPSA) is 64.3 Å². The maximum atomic E-state index is 12.4. The molecule has 0 bridgehead atoms. The van der Waals surface area contributed by atoms with Gasteiger partial charge in [-0.15, -0.1) is 0 Å². The molecular weight excluding hydrogens is 218 g/mol. The summed E-state index contributed by atoms with van der Waals surface area (Å²) in [5, 5.41) is 2.60. The Hall–Kier alpha value is -0.750. The van der Waals surface area contributed by atoms with Crippen molar-refractivity contribution in [2.24, 2.45) is 11.7 Å². The fourth-order valence-electron chi connectivity index (χ4n) is 1.45. The zero-order valence-electron chi connectivity index (χ0n) is 9.34. The summed E-state index contributed by atoms with van der Waals surface area (Å²) in [6.45, 7) is 2.46. The molecular formula is C10H18F2N2O2. The summed E-state index contributed by atoms with van der Waals surface area (Å²) in [4.78, 5) is 11.5. The molecule has 2 unspecified atom stereocenters. The lowest BCUT2D eigenvalue weighted by molar-refractivity contribution is -0.125. The summed E-state index contributed by atoms with van der Waals surface area (Å²) < 4.78 is 29.8. The molecule has 0 aromatic carbocycles. The average Bonchev–Trinajstić information content (AvgIpc) is 2.69. The molecule has 0 aliphatic carbocycles. The Labute approximate surface area is 93.5 Å². The number of carbonyl (C=O) groups excluding carboxylic acids is 1. The SMILES string of the molecule is CC(N)(CCNC(=O)C1CCOC1)C(F)F. The van der Waals surface area contributed by atoms with Crippen LogP contribution in [0.3, 0.4) is 0 Å². The highest BCUT2D eigenvalue weighted by Gasteiger charge is 2.30. The second-order valence-electron chi connectivity index (χ2n) is 4.41. The van der Waals surface area contributed by atoms with Crippen LogP contribution < -0.4 is 11.1 Å². The number of nitrogens with one attached hydrogen (secondary N) is 1. The predicted molar refractivity (Wildman–Crippen MR) is 55.1 cm³/mol. The Morgan fingerprint density at radius 3 is 2.88 bits per heavy atom. The first-order valence-electron chi connectivity index (χ1n) is 5.36. The average molecular weight is 236 g/mol. The van der Waals surface area contributed by atoms with Gasteiger partial charge in [0.25, 0.3) is 6.43 Å². The third-order valence-electron chi connectivity index (χ3n) is 2.76. The molecule has 0 radical (unpaired) electrons. The molecule has 0 saturated carbocycles. The first-order valence-corrected chi connectivity index (χ1v) is 5.36. The van der Waals surface area contributed by atoms with Gasteiger partial charge in [-0.25, -0.2) is 8.78 Å². The molecule has 94 valence electrons. The fraction of sp³-hybridized carbons (Fsp3) is 0.900. The minimum absolute atomic E-state index is 0.0595. The van der Waals surface area contributed by atoms with Crippen molar-refractivity contribution >= 4 is 5.91 Å². The molecule has 1 fully saturated rings. The van der Waals surface area contributed by atoms with Crippen molar-refractivity contribution in [3.05, 3.63) is 0 Å². The van der Waals surface area contributed by atoms with Crippen LogP contribution in [0, 0.1) is 5.92 Å². The first-order chi connectivity index (χ1) is 7.43. The standard InChI is InChI=1S/C10H18F2N2O2/c1-10(13,9(11)12)3-4-14-8(15)7-2-5-16-6-7/h7,9H,2-6,13H2,1H3,(H,14,15). The molecule has 16 heavy (non-hydrogen) atoms. The van der Waals surface area contributed by atoms with E-state index in [0.717, 1.165) is 0 Å². The Bertz CT molecular complexity index is 241. The molecule has 1 amide bonds. The lowest BCUT2D eigenvalue weighted by Gasteiger charge is -2.23. The van der Waals surface area contributed by atoms with Gasteiger partial charge in [-0.2, -0.15) is 0 Å². The van der Waals surface area contributed by atoms with Gasteiger partial charge < -0.3 is 15.8 Å².